The van der Waals surface area contributed by atoms with E-state index in [1.54, 1.807) is 37.3 Å². The van der Waals surface area contributed by atoms with E-state index in [9.17, 15) is 9.59 Å². The average Bonchev–Trinajstić information content (AvgIpc) is 3.60. The molecule has 0 radical (unpaired) electrons. The second-order valence-corrected chi connectivity index (χ2v) is 9.24. The number of hydrogen-bond donors (Lipinski definition) is 1. The van der Waals surface area contributed by atoms with Crippen LogP contribution in [0.25, 0.3) is 11.4 Å². The summed E-state index contributed by atoms with van der Waals surface area (Å²) in [5.74, 6) is 1.22. The Morgan fingerprint density at radius 1 is 1.08 bits per heavy atom. The molecule has 0 unspecified atom stereocenters. The van der Waals surface area contributed by atoms with Gasteiger partial charge in [0.1, 0.15) is 12.6 Å². The molecule has 1 N–H and O–H groups in total. The summed E-state index contributed by atoms with van der Waals surface area (Å²) >= 11 is 0. The predicted octanol–water partition coefficient (Wildman–Crippen LogP) is 2.37. The molecule has 1 atom stereocenters. The Balaban J connectivity index is 1.76. The number of hydrogen-bond acceptors (Lipinski definition) is 8. The van der Waals surface area contributed by atoms with E-state index in [2.05, 4.69) is 39.5 Å². The molecule has 37 heavy (non-hydrogen) atoms. The average molecular weight is 516 g/mol. The lowest BCUT2D eigenvalue weighted by atomic mass is 10.1. The third kappa shape index (κ3) is 7.41. The predicted molar refractivity (Wildman–Crippen MR) is 140 cm³/mol. The molecule has 11 nitrogen and oxygen atoms in total. The van der Waals surface area contributed by atoms with Gasteiger partial charge in [0.15, 0.2) is 11.5 Å². The maximum Gasteiger partial charge on any atom is 0.246 e. The van der Waals surface area contributed by atoms with Gasteiger partial charge in [-0.15, -0.1) is 10.2 Å². The van der Waals surface area contributed by atoms with Gasteiger partial charge in [-0.2, -0.15) is 4.80 Å². The van der Waals surface area contributed by atoms with E-state index >= 15 is 0 Å². The number of likely N-dealkylation sites (N-methyl/N-ethyl adjacent to an activating group) is 1. The molecule has 1 fully saturated rings. The van der Waals surface area contributed by atoms with Gasteiger partial charge in [0.05, 0.1) is 14.2 Å². The van der Waals surface area contributed by atoms with Crippen molar-refractivity contribution >= 4 is 11.8 Å². The van der Waals surface area contributed by atoms with Gasteiger partial charge in [-0.1, -0.05) is 33.6 Å². The fraction of sp³-hybridized carbons (Fsp3) is 0.654. The largest absolute Gasteiger partial charge is 0.493 e. The monoisotopic (exact) mass is 515 g/mol. The molecule has 1 aromatic carbocycles. The Bertz CT molecular complexity index is 1020. The number of nitrogens with zero attached hydrogens (tertiary/aromatic N) is 6. The van der Waals surface area contributed by atoms with Crippen LogP contribution in [0, 0.1) is 0 Å². The van der Waals surface area contributed by atoms with Gasteiger partial charge < -0.3 is 24.6 Å². The van der Waals surface area contributed by atoms with Gasteiger partial charge in [0.2, 0.25) is 17.6 Å². The lowest BCUT2D eigenvalue weighted by Crippen LogP contribution is -2.53. The van der Waals surface area contributed by atoms with E-state index in [0.717, 1.165) is 38.8 Å². The standard InChI is InChI=1S/C26H41N7O4/c1-6-21(26(35)27-20-11-9-10-12-20)32(16-15-31(7-2)8-3)24(34)18-33-29-25(28-30-33)19-13-14-22(36-4)23(17-19)37-5/h13-14,17,20-21H,6-12,15-16,18H2,1-5H3,(H,27,35)/t21-/m1/s1. The highest BCUT2D eigenvalue weighted by atomic mass is 16.5. The molecule has 3 rings (SSSR count). The first kappa shape index (κ1) is 28.4. The van der Waals surface area contributed by atoms with Crippen molar-refractivity contribution in [3.05, 3.63) is 18.2 Å². The molecule has 0 saturated heterocycles. The zero-order valence-corrected chi connectivity index (χ0v) is 22.8. The van der Waals surface area contributed by atoms with Crippen LogP contribution in [-0.2, 0) is 16.1 Å². The summed E-state index contributed by atoms with van der Waals surface area (Å²) in [5.41, 5.74) is 0.692. The van der Waals surface area contributed by atoms with Crippen LogP contribution >= 0.6 is 0 Å². The number of rotatable bonds is 14. The van der Waals surface area contributed by atoms with Crippen molar-refractivity contribution in [3.63, 3.8) is 0 Å². The maximum atomic E-state index is 13.5. The third-order valence-corrected chi connectivity index (χ3v) is 7.01. The van der Waals surface area contributed by atoms with Crippen LogP contribution in [-0.4, -0.2) is 94.3 Å². The Morgan fingerprint density at radius 3 is 2.41 bits per heavy atom. The highest BCUT2D eigenvalue weighted by molar-refractivity contribution is 5.87. The number of amides is 2. The van der Waals surface area contributed by atoms with E-state index in [4.69, 9.17) is 9.47 Å². The molecule has 1 aliphatic rings. The zero-order chi connectivity index (χ0) is 26.8. The van der Waals surface area contributed by atoms with E-state index in [0.29, 0.717) is 42.4 Å². The van der Waals surface area contributed by atoms with Crippen LogP contribution < -0.4 is 14.8 Å². The Hall–Kier alpha value is -3.21. The molecule has 1 heterocycles. The molecular formula is C26H41N7O4. The molecule has 0 aliphatic heterocycles. The quantitative estimate of drug-likeness (QED) is 0.408. The van der Waals surface area contributed by atoms with Crippen molar-refractivity contribution in [3.8, 4) is 22.9 Å². The lowest BCUT2D eigenvalue weighted by Gasteiger charge is -2.33. The van der Waals surface area contributed by atoms with Gasteiger partial charge >= 0.3 is 0 Å². The van der Waals surface area contributed by atoms with Crippen LogP contribution in [0.15, 0.2) is 18.2 Å². The summed E-state index contributed by atoms with van der Waals surface area (Å²) in [6, 6.07) is 4.99. The van der Waals surface area contributed by atoms with Crippen molar-refractivity contribution in [2.75, 3.05) is 40.4 Å². The summed E-state index contributed by atoms with van der Waals surface area (Å²) in [4.78, 5) is 32.0. The van der Waals surface area contributed by atoms with Crippen LogP contribution in [0.4, 0.5) is 0 Å². The summed E-state index contributed by atoms with van der Waals surface area (Å²) in [6.07, 6.45) is 4.79. The second-order valence-electron chi connectivity index (χ2n) is 9.24. The molecule has 1 aliphatic carbocycles. The van der Waals surface area contributed by atoms with Gasteiger partial charge in [0, 0.05) is 24.7 Å². The Morgan fingerprint density at radius 2 is 1.78 bits per heavy atom. The highest BCUT2D eigenvalue weighted by Crippen LogP contribution is 2.30. The molecule has 0 bridgehead atoms. The minimum absolute atomic E-state index is 0.0835. The van der Waals surface area contributed by atoms with E-state index in [1.165, 1.54) is 4.80 Å². The van der Waals surface area contributed by atoms with Gasteiger partial charge in [-0.25, -0.2) is 0 Å². The van der Waals surface area contributed by atoms with E-state index in [-0.39, 0.29) is 24.4 Å². The van der Waals surface area contributed by atoms with Crippen LogP contribution in [0.1, 0.15) is 52.9 Å². The molecule has 2 aromatic rings. The number of tetrazole rings is 1. The van der Waals surface area contributed by atoms with Crippen molar-refractivity contribution in [2.45, 2.75) is 71.5 Å². The molecule has 2 amide bonds. The van der Waals surface area contributed by atoms with Crippen LogP contribution in [0.3, 0.4) is 0 Å². The topological polar surface area (TPSA) is 115 Å². The third-order valence-electron chi connectivity index (χ3n) is 7.01. The first-order valence-electron chi connectivity index (χ1n) is 13.3. The van der Waals surface area contributed by atoms with Crippen LogP contribution in [0.2, 0.25) is 0 Å². The minimum atomic E-state index is -0.544. The smallest absolute Gasteiger partial charge is 0.246 e. The van der Waals surface area contributed by atoms with Gasteiger partial charge in [-0.3, -0.25) is 9.59 Å². The number of benzene rings is 1. The number of nitrogens with one attached hydrogen (secondary N) is 1. The summed E-state index contributed by atoms with van der Waals surface area (Å²) in [7, 11) is 3.13. The van der Waals surface area contributed by atoms with E-state index in [1.807, 2.05) is 6.92 Å². The fourth-order valence-corrected chi connectivity index (χ4v) is 4.77. The van der Waals surface area contributed by atoms with Crippen molar-refractivity contribution < 1.29 is 19.1 Å². The fourth-order valence-electron chi connectivity index (χ4n) is 4.77. The number of ether oxygens (including phenoxy) is 2. The molecular weight excluding hydrogens is 474 g/mol. The first-order chi connectivity index (χ1) is 17.9. The number of carbonyl (C=O) groups excluding carboxylic acids is 2. The highest BCUT2D eigenvalue weighted by Gasteiger charge is 2.31. The van der Waals surface area contributed by atoms with Crippen molar-refractivity contribution in [2.24, 2.45) is 0 Å². The van der Waals surface area contributed by atoms with Crippen molar-refractivity contribution in [1.82, 2.24) is 35.3 Å². The summed E-state index contributed by atoms with van der Waals surface area (Å²) in [5, 5.41) is 15.8. The first-order valence-corrected chi connectivity index (χ1v) is 13.3. The SMILES string of the molecule is CC[C@H](C(=O)NC1CCCC1)N(CCN(CC)CC)C(=O)Cn1nnc(-c2ccc(OC)c(OC)c2)n1. The van der Waals surface area contributed by atoms with Crippen LogP contribution in [0.5, 0.6) is 11.5 Å². The number of methoxy groups -OCH3 is 2. The minimum Gasteiger partial charge on any atom is -0.493 e. The molecule has 0 spiro atoms. The second kappa shape index (κ2) is 13.9. The number of aromatic nitrogens is 4. The molecule has 1 aromatic heterocycles. The summed E-state index contributed by atoms with van der Waals surface area (Å²) in [6.45, 7) is 8.92. The number of carbonyl (C=O) groups is 2. The maximum absolute atomic E-state index is 13.5. The zero-order valence-electron chi connectivity index (χ0n) is 22.8. The van der Waals surface area contributed by atoms with Gasteiger partial charge in [-0.05, 0) is 55.8 Å². The Kier molecular flexibility index (Phi) is 10.7. The summed E-state index contributed by atoms with van der Waals surface area (Å²) < 4.78 is 10.7. The Labute approximate surface area is 219 Å². The van der Waals surface area contributed by atoms with Crippen molar-refractivity contribution in [1.29, 1.82) is 0 Å². The van der Waals surface area contributed by atoms with E-state index < -0.39 is 6.04 Å². The molecule has 1 saturated carbocycles. The van der Waals surface area contributed by atoms with Gasteiger partial charge in [0.25, 0.3) is 0 Å². The lowest BCUT2D eigenvalue weighted by molar-refractivity contribution is -0.142. The normalized spacial score (nSPS) is 14.5. The molecule has 11 heteroatoms. The molecule has 204 valence electrons.